The first-order chi connectivity index (χ1) is 17.1. The third-order valence-electron chi connectivity index (χ3n) is 6.29. The van der Waals surface area contributed by atoms with Gasteiger partial charge in [0.1, 0.15) is 11.6 Å². The molecule has 5 nitrogen and oxygen atoms in total. The number of carbonyl (C=O) groups excluding carboxylic acids is 1. The summed E-state index contributed by atoms with van der Waals surface area (Å²) in [7, 11) is 0. The Kier molecular flexibility index (Phi) is 8.55. The minimum absolute atomic E-state index is 0.0252. The van der Waals surface area contributed by atoms with E-state index in [1.807, 2.05) is 37.3 Å². The maximum absolute atomic E-state index is 12.4. The normalized spacial score (nSPS) is 11.0. The largest absolute Gasteiger partial charge is 0.494 e. The van der Waals surface area contributed by atoms with E-state index in [0.717, 1.165) is 61.3 Å². The SMILES string of the molecule is CCc1ccc(OCCCCn2c(CCCNC(=O)c3ccc(C)cc3)nc3ccccc32)cc1. The van der Waals surface area contributed by atoms with Crippen LogP contribution in [0.25, 0.3) is 11.0 Å². The molecule has 182 valence electrons. The van der Waals surface area contributed by atoms with Crippen molar-refractivity contribution >= 4 is 16.9 Å². The van der Waals surface area contributed by atoms with Gasteiger partial charge in [-0.2, -0.15) is 0 Å². The van der Waals surface area contributed by atoms with Crippen molar-refractivity contribution in [3.63, 3.8) is 0 Å². The average Bonchev–Trinajstić information content (AvgIpc) is 3.24. The predicted octanol–water partition coefficient (Wildman–Crippen LogP) is 6.13. The molecule has 0 radical (unpaired) electrons. The zero-order valence-corrected chi connectivity index (χ0v) is 20.8. The molecule has 0 unspecified atom stereocenters. The standard InChI is InChI=1S/C30H35N3O2/c1-3-24-14-18-26(19-15-24)35-22-7-6-21-33-28-10-5-4-9-27(28)32-29(33)11-8-20-31-30(34)25-16-12-23(2)13-17-25/h4-5,9-10,12-19H,3,6-8,11,20-22H2,1-2H3,(H,31,34). The Hall–Kier alpha value is -3.60. The molecular formula is C30H35N3O2. The molecule has 1 amide bonds. The summed E-state index contributed by atoms with van der Waals surface area (Å²) in [6.45, 7) is 6.42. The number of nitrogens with zero attached hydrogens (tertiary/aromatic N) is 2. The van der Waals surface area contributed by atoms with Crippen LogP contribution in [-0.2, 0) is 19.4 Å². The zero-order valence-electron chi connectivity index (χ0n) is 20.8. The van der Waals surface area contributed by atoms with Gasteiger partial charge in [-0.3, -0.25) is 4.79 Å². The fourth-order valence-electron chi connectivity index (χ4n) is 4.20. The van der Waals surface area contributed by atoms with Gasteiger partial charge in [-0.1, -0.05) is 48.9 Å². The van der Waals surface area contributed by atoms with Gasteiger partial charge in [-0.15, -0.1) is 0 Å². The van der Waals surface area contributed by atoms with Crippen molar-refractivity contribution in [1.29, 1.82) is 0 Å². The molecule has 4 rings (SSSR count). The molecule has 35 heavy (non-hydrogen) atoms. The lowest BCUT2D eigenvalue weighted by Gasteiger charge is -2.11. The summed E-state index contributed by atoms with van der Waals surface area (Å²) >= 11 is 0. The zero-order chi connectivity index (χ0) is 24.5. The number of rotatable bonds is 12. The number of para-hydroxylation sites is 2. The van der Waals surface area contributed by atoms with Crippen molar-refractivity contribution in [3.05, 3.63) is 95.3 Å². The van der Waals surface area contributed by atoms with Crippen LogP contribution in [0, 0.1) is 6.92 Å². The highest BCUT2D eigenvalue weighted by atomic mass is 16.5. The third kappa shape index (κ3) is 6.72. The van der Waals surface area contributed by atoms with Crippen molar-refractivity contribution in [2.75, 3.05) is 13.2 Å². The first kappa shape index (κ1) is 24.5. The summed E-state index contributed by atoms with van der Waals surface area (Å²) in [6, 6.07) is 24.3. The summed E-state index contributed by atoms with van der Waals surface area (Å²) in [5, 5.41) is 3.03. The monoisotopic (exact) mass is 469 g/mol. The first-order valence-corrected chi connectivity index (χ1v) is 12.6. The molecule has 5 heteroatoms. The smallest absolute Gasteiger partial charge is 0.251 e. The molecule has 1 N–H and O–H groups in total. The Bertz CT molecular complexity index is 1230. The molecule has 0 spiro atoms. The second-order valence-corrected chi connectivity index (χ2v) is 8.95. The van der Waals surface area contributed by atoms with Gasteiger partial charge in [-0.05, 0) is 74.6 Å². The number of fused-ring (bicyclic) bond motifs is 1. The number of benzene rings is 3. The number of imidazole rings is 1. The van der Waals surface area contributed by atoms with Crippen LogP contribution in [0.4, 0.5) is 0 Å². The van der Waals surface area contributed by atoms with Crippen LogP contribution in [-0.4, -0.2) is 28.6 Å². The Morgan fingerprint density at radius 1 is 0.943 bits per heavy atom. The second kappa shape index (κ2) is 12.2. The fourth-order valence-corrected chi connectivity index (χ4v) is 4.20. The number of amides is 1. The first-order valence-electron chi connectivity index (χ1n) is 12.6. The van der Waals surface area contributed by atoms with E-state index in [1.54, 1.807) is 0 Å². The van der Waals surface area contributed by atoms with E-state index in [-0.39, 0.29) is 5.91 Å². The van der Waals surface area contributed by atoms with E-state index in [9.17, 15) is 4.79 Å². The number of unbranched alkanes of at least 4 members (excludes halogenated alkanes) is 1. The number of hydrogen-bond donors (Lipinski definition) is 1. The molecule has 0 aliphatic carbocycles. The van der Waals surface area contributed by atoms with Gasteiger partial charge < -0.3 is 14.6 Å². The molecule has 1 aromatic heterocycles. The molecular weight excluding hydrogens is 434 g/mol. The summed E-state index contributed by atoms with van der Waals surface area (Å²) in [5.74, 6) is 1.98. The van der Waals surface area contributed by atoms with Gasteiger partial charge in [0.05, 0.1) is 17.6 Å². The highest BCUT2D eigenvalue weighted by Crippen LogP contribution is 2.19. The maximum Gasteiger partial charge on any atom is 0.251 e. The van der Waals surface area contributed by atoms with Crippen molar-refractivity contribution in [2.24, 2.45) is 0 Å². The van der Waals surface area contributed by atoms with Crippen molar-refractivity contribution in [1.82, 2.24) is 14.9 Å². The second-order valence-electron chi connectivity index (χ2n) is 8.95. The van der Waals surface area contributed by atoms with Gasteiger partial charge in [0, 0.05) is 25.1 Å². The molecule has 0 saturated heterocycles. The highest BCUT2D eigenvalue weighted by Gasteiger charge is 2.11. The van der Waals surface area contributed by atoms with E-state index in [2.05, 4.69) is 59.3 Å². The summed E-state index contributed by atoms with van der Waals surface area (Å²) in [6.07, 6.45) is 4.71. The molecule has 0 aliphatic rings. The summed E-state index contributed by atoms with van der Waals surface area (Å²) in [5.41, 5.74) is 5.37. The van der Waals surface area contributed by atoms with E-state index in [0.29, 0.717) is 18.7 Å². The van der Waals surface area contributed by atoms with Crippen LogP contribution < -0.4 is 10.1 Å². The summed E-state index contributed by atoms with van der Waals surface area (Å²) < 4.78 is 8.25. The Morgan fingerprint density at radius 3 is 2.49 bits per heavy atom. The molecule has 0 atom stereocenters. The van der Waals surface area contributed by atoms with Gasteiger partial charge in [0.25, 0.3) is 5.91 Å². The number of nitrogens with one attached hydrogen (secondary N) is 1. The van der Waals surface area contributed by atoms with E-state index < -0.39 is 0 Å². The number of hydrogen-bond acceptors (Lipinski definition) is 3. The molecule has 1 heterocycles. The van der Waals surface area contributed by atoms with Crippen LogP contribution in [0.1, 0.15) is 53.5 Å². The fraction of sp³-hybridized carbons (Fsp3) is 0.333. The van der Waals surface area contributed by atoms with Crippen LogP contribution in [0.15, 0.2) is 72.8 Å². The Morgan fingerprint density at radius 2 is 1.71 bits per heavy atom. The van der Waals surface area contributed by atoms with E-state index in [1.165, 1.54) is 11.1 Å². The number of aryl methyl sites for hydroxylation is 4. The predicted molar refractivity (Wildman–Crippen MR) is 142 cm³/mol. The lowest BCUT2D eigenvalue weighted by molar-refractivity contribution is 0.0953. The van der Waals surface area contributed by atoms with Crippen LogP contribution in [0.3, 0.4) is 0 Å². The third-order valence-corrected chi connectivity index (χ3v) is 6.29. The van der Waals surface area contributed by atoms with Crippen LogP contribution in [0.2, 0.25) is 0 Å². The summed E-state index contributed by atoms with van der Waals surface area (Å²) in [4.78, 5) is 17.2. The van der Waals surface area contributed by atoms with Gasteiger partial charge >= 0.3 is 0 Å². The van der Waals surface area contributed by atoms with Crippen molar-refractivity contribution in [3.8, 4) is 5.75 Å². The number of carbonyl (C=O) groups is 1. The topological polar surface area (TPSA) is 56.1 Å². The van der Waals surface area contributed by atoms with Crippen LogP contribution >= 0.6 is 0 Å². The minimum Gasteiger partial charge on any atom is -0.494 e. The molecule has 4 aromatic rings. The van der Waals surface area contributed by atoms with Gasteiger partial charge in [-0.25, -0.2) is 4.98 Å². The van der Waals surface area contributed by atoms with Crippen molar-refractivity contribution in [2.45, 2.75) is 52.5 Å². The van der Waals surface area contributed by atoms with Crippen molar-refractivity contribution < 1.29 is 9.53 Å². The molecule has 0 fully saturated rings. The Balaban J connectivity index is 1.27. The average molecular weight is 470 g/mol. The van der Waals surface area contributed by atoms with Crippen LogP contribution in [0.5, 0.6) is 5.75 Å². The van der Waals surface area contributed by atoms with Gasteiger partial charge in [0.15, 0.2) is 0 Å². The lowest BCUT2D eigenvalue weighted by Crippen LogP contribution is -2.25. The Labute approximate surface area is 208 Å². The highest BCUT2D eigenvalue weighted by molar-refractivity contribution is 5.94. The quantitative estimate of drug-likeness (QED) is 0.254. The molecule has 3 aromatic carbocycles. The minimum atomic E-state index is -0.0252. The van der Waals surface area contributed by atoms with Gasteiger partial charge in [0.2, 0.25) is 0 Å². The molecule has 0 aliphatic heterocycles. The molecule has 0 saturated carbocycles. The lowest BCUT2D eigenvalue weighted by atomic mass is 10.1. The van der Waals surface area contributed by atoms with E-state index >= 15 is 0 Å². The maximum atomic E-state index is 12.4. The molecule has 0 bridgehead atoms. The number of ether oxygens (including phenoxy) is 1. The van der Waals surface area contributed by atoms with E-state index in [4.69, 9.17) is 9.72 Å². The number of aromatic nitrogens is 2.